The zero-order chi connectivity index (χ0) is 16.5. The molecule has 1 atom stereocenters. The number of likely N-dealkylation sites (N-methyl/N-ethyl adjacent to an activating group) is 1. The van der Waals surface area contributed by atoms with Crippen molar-refractivity contribution in [3.05, 3.63) is 0 Å². The summed E-state index contributed by atoms with van der Waals surface area (Å²) in [5, 5.41) is 6.92. The van der Waals surface area contributed by atoms with Crippen LogP contribution in [0.5, 0.6) is 0 Å². The minimum Gasteiger partial charge on any atom is -0.356 e. The third kappa shape index (κ3) is 8.34. The standard InChI is InChI=1S/C18H37N5.HI/c1-16(22(3)17-9-10-17)15-21-18(19-2)20-11-8-14-23-12-6-4-5-7-13-23;/h16-17H,4-15H2,1-3H3,(H2,19,20,21);1H. The molecule has 0 amide bonds. The lowest BCUT2D eigenvalue weighted by atomic mass is 10.2. The van der Waals surface area contributed by atoms with E-state index < -0.39 is 0 Å². The number of nitrogens with one attached hydrogen (secondary N) is 2. The molecule has 24 heavy (non-hydrogen) atoms. The van der Waals surface area contributed by atoms with Gasteiger partial charge in [-0.15, -0.1) is 24.0 Å². The molecule has 0 radical (unpaired) electrons. The predicted octanol–water partition coefficient (Wildman–Crippen LogP) is 2.52. The van der Waals surface area contributed by atoms with Crippen LogP contribution in [0.25, 0.3) is 0 Å². The minimum absolute atomic E-state index is 0. The molecule has 1 saturated heterocycles. The molecule has 0 aromatic carbocycles. The molecular formula is C18H38IN5. The van der Waals surface area contributed by atoms with Crippen molar-refractivity contribution in [3.63, 3.8) is 0 Å². The Labute approximate surface area is 166 Å². The number of guanidine groups is 1. The summed E-state index contributed by atoms with van der Waals surface area (Å²) in [5.74, 6) is 0.942. The smallest absolute Gasteiger partial charge is 0.191 e. The van der Waals surface area contributed by atoms with E-state index in [0.29, 0.717) is 6.04 Å². The lowest BCUT2D eigenvalue weighted by molar-refractivity contribution is 0.247. The highest BCUT2D eigenvalue weighted by Gasteiger charge is 2.28. The topological polar surface area (TPSA) is 42.9 Å². The van der Waals surface area contributed by atoms with Crippen molar-refractivity contribution in [3.8, 4) is 0 Å². The van der Waals surface area contributed by atoms with Gasteiger partial charge in [0.2, 0.25) is 0 Å². The Hall–Kier alpha value is -0.0800. The van der Waals surface area contributed by atoms with Crippen LogP contribution in [0.2, 0.25) is 0 Å². The first-order valence-electron chi connectivity index (χ1n) is 9.59. The highest BCUT2D eigenvalue weighted by atomic mass is 127. The normalized spacial score (nSPS) is 21.1. The molecule has 1 saturated carbocycles. The van der Waals surface area contributed by atoms with Gasteiger partial charge in [-0.1, -0.05) is 12.8 Å². The van der Waals surface area contributed by atoms with E-state index in [4.69, 9.17) is 0 Å². The van der Waals surface area contributed by atoms with Crippen LogP contribution in [0.3, 0.4) is 0 Å². The summed E-state index contributed by atoms with van der Waals surface area (Å²) in [6, 6.07) is 1.37. The Balaban J connectivity index is 0.00000288. The van der Waals surface area contributed by atoms with Gasteiger partial charge in [-0.3, -0.25) is 9.89 Å². The molecule has 0 bridgehead atoms. The molecule has 1 heterocycles. The number of hydrogen-bond donors (Lipinski definition) is 2. The Morgan fingerprint density at radius 3 is 2.42 bits per heavy atom. The predicted molar refractivity (Wildman–Crippen MR) is 115 cm³/mol. The van der Waals surface area contributed by atoms with Crippen LogP contribution in [0.15, 0.2) is 4.99 Å². The van der Waals surface area contributed by atoms with Gasteiger partial charge < -0.3 is 15.5 Å². The second-order valence-corrected chi connectivity index (χ2v) is 7.23. The van der Waals surface area contributed by atoms with E-state index in [0.717, 1.165) is 25.1 Å². The molecule has 1 aliphatic heterocycles. The van der Waals surface area contributed by atoms with Gasteiger partial charge in [-0.25, -0.2) is 0 Å². The number of hydrogen-bond acceptors (Lipinski definition) is 3. The number of halogens is 1. The van der Waals surface area contributed by atoms with Gasteiger partial charge in [-0.2, -0.15) is 0 Å². The fourth-order valence-electron chi connectivity index (χ4n) is 3.32. The van der Waals surface area contributed by atoms with Gasteiger partial charge in [0.05, 0.1) is 0 Å². The van der Waals surface area contributed by atoms with E-state index >= 15 is 0 Å². The maximum absolute atomic E-state index is 4.34. The van der Waals surface area contributed by atoms with Crippen molar-refractivity contribution < 1.29 is 0 Å². The fraction of sp³-hybridized carbons (Fsp3) is 0.944. The molecule has 0 spiro atoms. The molecule has 0 aromatic rings. The van der Waals surface area contributed by atoms with Crippen LogP contribution < -0.4 is 10.6 Å². The maximum Gasteiger partial charge on any atom is 0.191 e. The highest BCUT2D eigenvalue weighted by molar-refractivity contribution is 14.0. The SMILES string of the molecule is CN=C(NCCCN1CCCCCC1)NCC(C)N(C)C1CC1.I. The second kappa shape index (κ2) is 12.3. The van der Waals surface area contributed by atoms with Crippen LogP contribution in [0.4, 0.5) is 0 Å². The fourth-order valence-corrected chi connectivity index (χ4v) is 3.32. The molecule has 0 aromatic heterocycles. The molecule has 142 valence electrons. The molecule has 5 nitrogen and oxygen atoms in total. The van der Waals surface area contributed by atoms with E-state index in [9.17, 15) is 0 Å². The minimum atomic E-state index is 0. The van der Waals surface area contributed by atoms with E-state index in [1.807, 2.05) is 7.05 Å². The van der Waals surface area contributed by atoms with Crippen molar-refractivity contribution in [1.82, 2.24) is 20.4 Å². The van der Waals surface area contributed by atoms with Crippen LogP contribution in [0, 0.1) is 0 Å². The van der Waals surface area contributed by atoms with Gasteiger partial charge in [0.1, 0.15) is 0 Å². The molecule has 1 aliphatic carbocycles. The van der Waals surface area contributed by atoms with Crippen molar-refractivity contribution in [1.29, 1.82) is 0 Å². The summed E-state index contributed by atoms with van der Waals surface area (Å²) in [5.41, 5.74) is 0. The van der Waals surface area contributed by atoms with Gasteiger partial charge in [0.15, 0.2) is 5.96 Å². The number of aliphatic imine (C=N–C) groups is 1. The van der Waals surface area contributed by atoms with Crippen molar-refractivity contribution >= 4 is 29.9 Å². The van der Waals surface area contributed by atoms with Crippen LogP contribution in [-0.4, -0.2) is 74.7 Å². The molecular weight excluding hydrogens is 413 g/mol. The molecule has 2 N–H and O–H groups in total. The van der Waals surface area contributed by atoms with Gasteiger partial charge in [0.25, 0.3) is 0 Å². The second-order valence-electron chi connectivity index (χ2n) is 7.23. The molecule has 2 fully saturated rings. The Morgan fingerprint density at radius 1 is 1.17 bits per heavy atom. The van der Waals surface area contributed by atoms with E-state index in [-0.39, 0.29) is 24.0 Å². The summed E-state index contributed by atoms with van der Waals surface area (Å²) in [4.78, 5) is 9.45. The lowest BCUT2D eigenvalue weighted by Gasteiger charge is -2.25. The maximum atomic E-state index is 4.34. The summed E-state index contributed by atoms with van der Waals surface area (Å²) < 4.78 is 0. The van der Waals surface area contributed by atoms with Crippen LogP contribution in [0.1, 0.15) is 51.9 Å². The van der Waals surface area contributed by atoms with E-state index in [1.165, 1.54) is 64.6 Å². The van der Waals surface area contributed by atoms with Gasteiger partial charge >= 0.3 is 0 Å². The number of nitrogens with zero attached hydrogens (tertiary/aromatic N) is 3. The first-order valence-corrected chi connectivity index (χ1v) is 9.59. The summed E-state index contributed by atoms with van der Waals surface area (Å²) in [7, 11) is 4.10. The third-order valence-electron chi connectivity index (χ3n) is 5.25. The summed E-state index contributed by atoms with van der Waals surface area (Å²) in [6.07, 6.45) is 9.51. The van der Waals surface area contributed by atoms with Crippen molar-refractivity contribution in [2.45, 2.75) is 64.0 Å². The third-order valence-corrected chi connectivity index (χ3v) is 5.25. The Bertz CT molecular complexity index is 351. The number of rotatable bonds is 8. The Kier molecular flexibility index (Phi) is 11.3. The Morgan fingerprint density at radius 2 is 1.83 bits per heavy atom. The summed E-state index contributed by atoms with van der Waals surface area (Å²) >= 11 is 0. The largest absolute Gasteiger partial charge is 0.356 e. The molecule has 6 heteroatoms. The zero-order valence-electron chi connectivity index (χ0n) is 15.9. The molecule has 2 aliphatic rings. The zero-order valence-corrected chi connectivity index (χ0v) is 18.2. The van der Waals surface area contributed by atoms with Gasteiger partial charge in [-0.05, 0) is 65.7 Å². The van der Waals surface area contributed by atoms with Crippen LogP contribution in [-0.2, 0) is 0 Å². The first kappa shape index (κ1) is 22.0. The highest BCUT2D eigenvalue weighted by Crippen LogP contribution is 2.26. The first-order chi connectivity index (χ1) is 11.2. The summed E-state index contributed by atoms with van der Waals surface area (Å²) in [6.45, 7) is 8.04. The average Bonchev–Trinajstić information content (AvgIpc) is 3.40. The number of likely N-dealkylation sites (tertiary alicyclic amines) is 1. The van der Waals surface area contributed by atoms with Crippen molar-refractivity contribution in [2.75, 3.05) is 46.8 Å². The molecule has 1 unspecified atom stereocenters. The van der Waals surface area contributed by atoms with Crippen molar-refractivity contribution in [2.24, 2.45) is 4.99 Å². The molecule has 2 rings (SSSR count). The average molecular weight is 451 g/mol. The lowest BCUT2D eigenvalue weighted by Crippen LogP contribution is -2.45. The van der Waals surface area contributed by atoms with Crippen LogP contribution >= 0.6 is 24.0 Å². The monoisotopic (exact) mass is 451 g/mol. The quantitative estimate of drug-likeness (QED) is 0.258. The van der Waals surface area contributed by atoms with Gasteiger partial charge in [0, 0.05) is 32.2 Å². The van der Waals surface area contributed by atoms with E-state index in [2.05, 4.69) is 39.4 Å². The van der Waals surface area contributed by atoms with E-state index in [1.54, 1.807) is 0 Å².